The van der Waals surface area contributed by atoms with Gasteiger partial charge in [-0.25, -0.2) is 0 Å². The van der Waals surface area contributed by atoms with Crippen LogP contribution in [0.1, 0.15) is 40.0 Å². The zero-order chi connectivity index (χ0) is 14.9. The minimum atomic E-state index is 0.203. The molecule has 3 rings (SSSR count). The highest BCUT2D eigenvalue weighted by atomic mass is 16.7. The molecule has 2 unspecified atom stereocenters. The van der Waals surface area contributed by atoms with Crippen molar-refractivity contribution in [3.05, 3.63) is 18.2 Å². The van der Waals surface area contributed by atoms with E-state index in [1.54, 1.807) is 0 Å². The van der Waals surface area contributed by atoms with Crippen molar-refractivity contribution in [1.82, 2.24) is 5.32 Å². The first-order valence-corrected chi connectivity index (χ1v) is 7.90. The summed E-state index contributed by atoms with van der Waals surface area (Å²) in [5.41, 5.74) is 0.259. The van der Waals surface area contributed by atoms with Crippen LogP contribution in [0.25, 0.3) is 0 Å². The van der Waals surface area contributed by atoms with Gasteiger partial charge in [0.15, 0.2) is 11.5 Å². The summed E-state index contributed by atoms with van der Waals surface area (Å²) in [5.74, 6) is 2.45. The smallest absolute Gasteiger partial charge is 0.231 e. The topological polar surface area (TPSA) is 39.7 Å². The van der Waals surface area contributed by atoms with Crippen molar-refractivity contribution in [2.75, 3.05) is 13.3 Å². The highest BCUT2D eigenvalue weighted by Crippen LogP contribution is 2.39. The molecule has 0 spiro atoms. The quantitative estimate of drug-likeness (QED) is 0.923. The highest BCUT2D eigenvalue weighted by molar-refractivity contribution is 5.47. The van der Waals surface area contributed by atoms with Crippen molar-refractivity contribution in [2.24, 2.45) is 5.41 Å². The van der Waals surface area contributed by atoms with Crippen LogP contribution in [-0.2, 0) is 0 Å². The second-order valence-corrected chi connectivity index (χ2v) is 6.59. The number of ether oxygens (including phenoxy) is 3. The Labute approximate surface area is 126 Å². The largest absolute Gasteiger partial charge is 0.489 e. The molecule has 1 aliphatic carbocycles. The molecule has 0 amide bonds. The number of likely N-dealkylation sites (N-methyl/N-ethyl adjacent to an activating group) is 1. The molecule has 1 aromatic rings. The van der Waals surface area contributed by atoms with Crippen molar-refractivity contribution in [1.29, 1.82) is 0 Å². The lowest BCUT2D eigenvalue weighted by Crippen LogP contribution is -2.54. The molecular weight excluding hydrogens is 266 g/mol. The second kappa shape index (κ2) is 5.76. The lowest BCUT2D eigenvalue weighted by molar-refractivity contribution is 0.0371. The van der Waals surface area contributed by atoms with Crippen LogP contribution in [-0.4, -0.2) is 25.5 Å². The third kappa shape index (κ3) is 2.95. The van der Waals surface area contributed by atoms with Gasteiger partial charge in [0, 0.05) is 12.1 Å². The van der Waals surface area contributed by atoms with Gasteiger partial charge in [0.25, 0.3) is 0 Å². The monoisotopic (exact) mass is 291 g/mol. The first-order valence-electron chi connectivity index (χ1n) is 7.90. The van der Waals surface area contributed by atoms with Gasteiger partial charge >= 0.3 is 0 Å². The van der Waals surface area contributed by atoms with Crippen molar-refractivity contribution in [3.63, 3.8) is 0 Å². The average Bonchev–Trinajstić information content (AvgIpc) is 2.90. The van der Waals surface area contributed by atoms with Crippen molar-refractivity contribution < 1.29 is 14.2 Å². The Hall–Kier alpha value is -1.42. The van der Waals surface area contributed by atoms with Gasteiger partial charge in [-0.1, -0.05) is 20.8 Å². The van der Waals surface area contributed by atoms with E-state index in [-0.39, 0.29) is 11.5 Å². The molecule has 2 aliphatic rings. The van der Waals surface area contributed by atoms with E-state index in [0.29, 0.717) is 12.8 Å². The fourth-order valence-electron chi connectivity index (χ4n) is 3.46. The van der Waals surface area contributed by atoms with Crippen LogP contribution in [0.15, 0.2) is 18.2 Å². The molecule has 116 valence electrons. The fraction of sp³-hybridized carbons (Fsp3) is 0.647. The van der Waals surface area contributed by atoms with Crippen LogP contribution in [0.4, 0.5) is 0 Å². The molecule has 0 radical (unpaired) electrons. The van der Waals surface area contributed by atoms with Gasteiger partial charge in [-0.2, -0.15) is 0 Å². The van der Waals surface area contributed by atoms with Crippen LogP contribution in [0, 0.1) is 5.41 Å². The summed E-state index contributed by atoms with van der Waals surface area (Å²) in [7, 11) is 0. The summed E-state index contributed by atoms with van der Waals surface area (Å²) < 4.78 is 17.1. The summed E-state index contributed by atoms with van der Waals surface area (Å²) in [6, 6.07) is 6.21. The number of rotatable bonds is 4. The maximum Gasteiger partial charge on any atom is 0.231 e. The van der Waals surface area contributed by atoms with Crippen molar-refractivity contribution >= 4 is 0 Å². The summed E-state index contributed by atoms with van der Waals surface area (Å²) in [6.07, 6.45) is 3.75. The zero-order valence-electron chi connectivity index (χ0n) is 13.1. The number of fused-ring (bicyclic) bond motifs is 1. The van der Waals surface area contributed by atoms with Gasteiger partial charge in [0.2, 0.25) is 6.79 Å². The second-order valence-electron chi connectivity index (χ2n) is 6.59. The number of benzene rings is 1. The molecule has 0 aromatic heterocycles. The third-order valence-electron chi connectivity index (χ3n) is 4.58. The van der Waals surface area contributed by atoms with E-state index in [0.717, 1.165) is 30.2 Å². The van der Waals surface area contributed by atoms with Gasteiger partial charge in [-0.05, 0) is 43.4 Å². The van der Waals surface area contributed by atoms with Gasteiger partial charge < -0.3 is 19.5 Å². The predicted octanol–water partition coefficient (Wildman–Crippen LogP) is 3.35. The summed E-state index contributed by atoms with van der Waals surface area (Å²) >= 11 is 0. The molecule has 1 fully saturated rings. The van der Waals surface area contributed by atoms with Crippen molar-refractivity contribution in [2.45, 2.75) is 52.2 Å². The maximum atomic E-state index is 6.28. The molecule has 4 nitrogen and oxygen atoms in total. The first kappa shape index (κ1) is 14.5. The Kier molecular flexibility index (Phi) is 3.98. The Morgan fingerprint density at radius 1 is 1.29 bits per heavy atom. The highest BCUT2D eigenvalue weighted by Gasteiger charge is 2.39. The van der Waals surface area contributed by atoms with Gasteiger partial charge in [0.05, 0.1) is 0 Å². The molecule has 2 atom stereocenters. The van der Waals surface area contributed by atoms with Crippen LogP contribution in [0.5, 0.6) is 17.2 Å². The van der Waals surface area contributed by atoms with Gasteiger partial charge in [-0.15, -0.1) is 0 Å². The summed E-state index contributed by atoms with van der Waals surface area (Å²) in [6.45, 7) is 8.08. The minimum absolute atomic E-state index is 0.203. The van der Waals surface area contributed by atoms with Gasteiger partial charge in [0.1, 0.15) is 11.9 Å². The van der Waals surface area contributed by atoms with Crippen LogP contribution in [0.3, 0.4) is 0 Å². The lowest BCUT2D eigenvalue weighted by Gasteiger charge is -2.44. The molecular formula is C17H25NO3. The summed E-state index contributed by atoms with van der Waals surface area (Å²) in [4.78, 5) is 0. The SMILES string of the molecule is CCNC1C(Oc2ccc3c(c2)OCO3)CCCC1(C)C. The molecule has 1 N–H and O–H groups in total. The average molecular weight is 291 g/mol. The predicted molar refractivity (Wildman–Crippen MR) is 82.1 cm³/mol. The van der Waals surface area contributed by atoms with E-state index < -0.39 is 0 Å². The lowest BCUT2D eigenvalue weighted by atomic mass is 9.71. The Morgan fingerprint density at radius 3 is 2.90 bits per heavy atom. The van der Waals surface area contributed by atoms with Crippen LogP contribution >= 0.6 is 0 Å². The Morgan fingerprint density at radius 2 is 2.10 bits per heavy atom. The Bertz CT molecular complexity index is 501. The van der Waals surface area contributed by atoms with E-state index in [9.17, 15) is 0 Å². The number of hydrogen-bond acceptors (Lipinski definition) is 4. The molecule has 0 bridgehead atoms. The molecule has 1 heterocycles. The molecule has 1 saturated carbocycles. The van der Waals surface area contributed by atoms with E-state index in [1.807, 2.05) is 18.2 Å². The Balaban J connectivity index is 1.75. The molecule has 4 heteroatoms. The van der Waals surface area contributed by atoms with Crippen molar-refractivity contribution in [3.8, 4) is 17.2 Å². The van der Waals surface area contributed by atoms with E-state index in [1.165, 1.54) is 12.8 Å². The normalized spacial score (nSPS) is 26.6. The fourth-order valence-corrected chi connectivity index (χ4v) is 3.46. The first-order chi connectivity index (χ1) is 10.1. The van der Waals surface area contributed by atoms with Crippen LogP contribution in [0.2, 0.25) is 0 Å². The third-order valence-corrected chi connectivity index (χ3v) is 4.58. The zero-order valence-corrected chi connectivity index (χ0v) is 13.1. The molecule has 0 saturated heterocycles. The standard InChI is InChI=1S/C17H25NO3/c1-4-18-16-14(6-5-9-17(16,2)3)21-12-7-8-13-15(10-12)20-11-19-13/h7-8,10,14,16,18H,4-6,9,11H2,1-3H3. The summed E-state index contributed by atoms with van der Waals surface area (Å²) in [5, 5.41) is 3.62. The molecule has 21 heavy (non-hydrogen) atoms. The van der Waals surface area contributed by atoms with E-state index in [2.05, 4.69) is 26.1 Å². The maximum absolute atomic E-state index is 6.28. The molecule has 1 aromatic carbocycles. The van der Waals surface area contributed by atoms with Crippen LogP contribution < -0.4 is 19.5 Å². The van der Waals surface area contributed by atoms with Gasteiger partial charge in [-0.3, -0.25) is 0 Å². The van der Waals surface area contributed by atoms with E-state index >= 15 is 0 Å². The number of hydrogen-bond donors (Lipinski definition) is 1. The number of nitrogens with one attached hydrogen (secondary N) is 1. The van der Waals surface area contributed by atoms with E-state index in [4.69, 9.17) is 14.2 Å². The molecule has 1 aliphatic heterocycles. The minimum Gasteiger partial charge on any atom is -0.489 e.